The van der Waals surface area contributed by atoms with Crippen LogP contribution in [0, 0.1) is 0 Å². The zero-order valence-electron chi connectivity index (χ0n) is 12.5. The Balaban J connectivity index is 1.71. The van der Waals surface area contributed by atoms with Gasteiger partial charge >= 0.3 is 5.97 Å². The number of halogens is 2. The topological polar surface area (TPSA) is 89.5 Å². The third-order valence-corrected chi connectivity index (χ3v) is 6.67. The van der Waals surface area contributed by atoms with Crippen LogP contribution >= 0.6 is 35.0 Å². The van der Waals surface area contributed by atoms with E-state index in [1.165, 1.54) is 0 Å². The summed E-state index contributed by atoms with van der Waals surface area (Å²) in [4.78, 5) is 24.0. The number of thioether (sulfide) groups is 1. The SMILES string of the molecule is O=C(COC(=O)CSc1cc(Cl)ccc1Cl)N[C@H]1CCS(=O)(=O)C1. The molecule has 10 heteroatoms. The molecule has 0 saturated carbocycles. The molecule has 1 aromatic carbocycles. The minimum Gasteiger partial charge on any atom is -0.455 e. The fraction of sp³-hybridized carbons (Fsp3) is 0.429. The Hall–Kier alpha value is -0.960. The molecule has 6 nitrogen and oxygen atoms in total. The lowest BCUT2D eigenvalue weighted by atomic mass is 10.2. The van der Waals surface area contributed by atoms with E-state index in [0.717, 1.165) is 11.8 Å². The monoisotopic (exact) mass is 411 g/mol. The van der Waals surface area contributed by atoms with Crippen molar-refractivity contribution in [3.63, 3.8) is 0 Å². The fourth-order valence-corrected chi connectivity index (χ4v) is 5.05. The molecule has 2 rings (SSSR count). The van der Waals surface area contributed by atoms with Gasteiger partial charge in [0, 0.05) is 16.0 Å². The van der Waals surface area contributed by atoms with Crippen molar-refractivity contribution in [2.45, 2.75) is 17.4 Å². The van der Waals surface area contributed by atoms with Crippen LogP contribution < -0.4 is 5.32 Å². The molecule has 1 fully saturated rings. The first kappa shape index (κ1) is 19.4. The van der Waals surface area contributed by atoms with Crippen LogP contribution in [0.3, 0.4) is 0 Å². The number of sulfone groups is 1. The summed E-state index contributed by atoms with van der Waals surface area (Å²) in [5.74, 6) is -1.13. The van der Waals surface area contributed by atoms with Crippen LogP contribution in [0.15, 0.2) is 23.1 Å². The number of rotatable bonds is 6. The summed E-state index contributed by atoms with van der Waals surface area (Å²) in [7, 11) is -3.07. The number of ether oxygens (including phenoxy) is 1. The smallest absolute Gasteiger partial charge is 0.316 e. The number of carbonyl (C=O) groups is 2. The minimum atomic E-state index is -3.07. The lowest BCUT2D eigenvalue weighted by molar-refractivity contribution is -0.146. The van der Waals surface area contributed by atoms with Gasteiger partial charge in [-0.1, -0.05) is 23.2 Å². The lowest BCUT2D eigenvalue weighted by Gasteiger charge is -2.11. The number of carbonyl (C=O) groups excluding carboxylic acids is 2. The van der Waals surface area contributed by atoms with Crippen molar-refractivity contribution >= 4 is 56.7 Å². The Morgan fingerprint density at radius 2 is 2.08 bits per heavy atom. The predicted octanol–water partition coefficient (Wildman–Crippen LogP) is 1.93. The molecule has 0 bridgehead atoms. The summed E-state index contributed by atoms with van der Waals surface area (Å²) in [6.07, 6.45) is 0.380. The van der Waals surface area contributed by atoms with Crippen LogP contribution in [0.1, 0.15) is 6.42 Å². The van der Waals surface area contributed by atoms with Gasteiger partial charge in [0.2, 0.25) is 0 Å². The van der Waals surface area contributed by atoms with Crippen molar-refractivity contribution in [1.29, 1.82) is 0 Å². The zero-order chi connectivity index (χ0) is 17.7. The molecule has 0 aromatic heterocycles. The van der Waals surface area contributed by atoms with Gasteiger partial charge in [0.25, 0.3) is 5.91 Å². The normalized spacial score (nSPS) is 19.0. The summed E-state index contributed by atoms with van der Waals surface area (Å²) in [5, 5.41) is 3.51. The predicted molar refractivity (Wildman–Crippen MR) is 93.3 cm³/mol. The van der Waals surface area contributed by atoms with Gasteiger partial charge in [0.05, 0.1) is 22.3 Å². The second-order valence-electron chi connectivity index (χ2n) is 5.19. The van der Waals surface area contributed by atoms with E-state index in [2.05, 4.69) is 5.32 Å². The zero-order valence-corrected chi connectivity index (χ0v) is 15.6. The van der Waals surface area contributed by atoms with Crippen LogP contribution in [0.2, 0.25) is 10.0 Å². The Bertz CT molecular complexity index is 739. The number of benzene rings is 1. The Labute approximate surface area is 154 Å². The molecule has 0 spiro atoms. The highest BCUT2D eigenvalue weighted by atomic mass is 35.5. The molecule has 1 saturated heterocycles. The van der Waals surface area contributed by atoms with E-state index in [4.69, 9.17) is 27.9 Å². The molecule has 24 heavy (non-hydrogen) atoms. The maximum Gasteiger partial charge on any atom is 0.316 e. The van der Waals surface area contributed by atoms with E-state index in [0.29, 0.717) is 21.4 Å². The first-order valence-corrected chi connectivity index (χ1v) is 10.5. The molecular weight excluding hydrogens is 397 g/mol. The second-order valence-corrected chi connectivity index (χ2v) is 9.28. The fourth-order valence-electron chi connectivity index (χ4n) is 2.09. The van der Waals surface area contributed by atoms with Crippen molar-refractivity contribution in [2.75, 3.05) is 23.9 Å². The highest BCUT2D eigenvalue weighted by molar-refractivity contribution is 8.00. The van der Waals surface area contributed by atoms with Crippen LogP contribution in [-0.4, -0.2) is 50.2 Å². The molecule has 1 amide bonds. The standard InChI is InChI=1S/C14H15Cl2NO5S2/c15-9-1-2-11(16)12(5-9)23-7-14(19)22-6-13(18)17-10-3-4-24(20,21)8-10/h1-2,5,10H,3-4,6-8H2,(H,17,18)/t10-/m0/s1. The van der Waals surface area contributed by atoms with Crippen molar-refractivity contribution in [2.24, 2.45) is 0 Å². The first-order chi connectivity index (χ1) is 11.2. The van der Waals surface area contributed by atoms with Crippen molar-refractivity contribution in [1.82, 2.24) is 5.32 Å². The summed E-state index contributed by atoms with van der Waals surface area (Å²) >= 11 is 13.0. The van der Waals surface area contributed by atoms with Crippen LogP contribution in [-0.2, 0) is 24.2 Å². The van der Waals surface area contributed by atoms with Gasteiger partial charge in [0.1, 0.15) is 0 Å². The van der Waals surface area contributed by atoms with Gasteiger partial charge in [-0.05, 0) is 24.6 Å². The van der Waals surface area contributed by atoms with Crippen molar-refractivity contribution in [3.8, 4) is 0 Å². The van der Waals surface area contributed by atoms with Gasteiger partial charge in [-0.15, -0.1) is 11.8 Å². The average Bonchev–Trinajstić information content (AvgIpc) is 2.85. The molecule has 1 atom stereocenters. The highest BCUT2D eigenvalue weighted by Gasteiger charge is 2.29. The molecule has 1 aliphatic rings. The summed E-state index contributed by atoms with van der Waals surface area (Å²) < 4.78 is 27.5. The van der Waals surface area contributed by atoms with Crippen LogP contribution in [0.5, 0.6) is 0 Å². The first-order valence-electron chi connectivity index (χ1n) is 6.98. The van der Waals surface area contributed by atoms with E-state index in [1.54, 1.807) is 18.2 Å². The molecule has 1 aromatic rings. The van der Waals surface area contributed by atoms with Gasteiger partial charge in [-0.25, -0.2) is 8.42 Å². The molecule has 1 N–H and O–H groups in total. The molecule has 1 heterocycles. The Kier molecular flexibility index (Phi) is 6.79. The van der Waals surface area contributed by atoms with E-state index in [1.807, 2.05) is 0 Å². The molecular formula is C14H15Cl2NO5S2. The number of nitrogens with one attached hydrogen (secondary N) is 1. The van der Waals surface area contributed by atoms with E-state index < -0.39 is 34.4 Å². The quantitative estimate of drug-likeness (QED) is 0.568. The van der Waals surface area contributed by atoms with Gasteiger partial charge in [0.15, 0.2) is 16.4 Å². The number of amides is 1. The number of hydrogen-bond acceptors (Lipinski definition) is 6. The molecule has 0 aliphatic carbocycles. The molecule has 0 radical (unpaired) electrons. The largest absolute Gasteiger partial charge is 0.455 e. The van der Waals surface area contributed by atoms with Crippen LogP contribution in [0.4, 0.5) is 0 Å². The maximum atomic E-state index is 11.7. The van der Waals surface area contributed by atoms with Crippen molar-refractivity contribution in [3.05, 3.63) is 28.2 Å². The Morgan fingerprint density at radius 1 is 1.33 bits per heavy atom. The molecule has 1 aliphatic heterocycles. The van der Waals surface area contributed by atoms with Gasteiger partial charge in [-0.2, -0.15) is 0 Å². The summed E-state index contributed by atoms with van der Waals surface area (Å²) in [6, 6.07) is 4.48. The Morgan fingerprint density at radius 3 is 2.75 bits per heavy atom. The number of esters is 1. The number of hydrogen-bond donors (Lipinski definition) is 1. The molecule has 0 unspecified atom stereocenters. The third-order valence-electron chi connectivity index (χ3n) is 3.20. The second kappa shape index (κ2) is 8.42. The summed E-state index contributed by atoms with van der Waals surface area (Å²) in [5.41, 5.74) is 0. The minimum absolute atomic E-state index is 0.0227. The average molecular weight is 412 g/mol. The van der Waals surface area contributed by atoms with E-state index in [-0.39, 0.29) is 17.3 Å². The van der Waals surface area contributed by atoms with Crippen molar-refractivity contribution < 1.29 is 22.7 Å². The molecule has 132 valence electrons. The van der Waals surface area contributed by atoms with Crippen LogP contribution in [0.25, 0.3) is 0 Å². The van der Waals surface area contributed by atoms with Gasteiger partial charge in [-0.3, -0.25) is 9.59 Å². The van der Waals surface area contributed by atoms with Gasteiger partial charge < -0.3 is 10.1 Å². The summed E-state index contributed by atoms with van der Waals surface area (Å²) in [6.45, 7) is -0.445. The van der Waals surface area contributed by atoms with E-state index in [9.17, 15) is 18.0 Å². The maximum absolute atomic E-state index is 11.7. The third kappa shape index (κ3) is 6.16. The highest BCUT2D eigenvalue weighted by Crippen LogP contribution is 2.29. The van der Waals surface area contributed by atoms with E-state index >= 15 is 0 Å². The lowest BCUT2D eigenvalue weighted by Crippen LogP contribution is -2.38.